The maximum absolute atomic E-state index is 11.7. The van der Waals surface area contributed by atoms with E-state index in [0.717, 1.165) is 11.3 Å². The van der Waals surface area contributed by atoms with Gasteiger partial charge in [0, 0.05) is 5.69 Å². The fraction of sp³-hybridized carbons (Fsp3) is 0.357. The molecule has 2 heterocycles. The Kier molecular flexibility index (Phi) is 3.23. The van der Waals surface area contributed by atoms with E-state index in [2.05, 4.69) is 15.5 Å². The Morgan fingerprint density at radius 3 is 2.60 bits per heavy atom. The molecule has 1 saturated heterocycles. The van der Waals surface area contributed by atoms with Crippen LogP contribution in [0.15, 0.2) is 28.8 Å². The van der Waals surface area contributed by atoms with Crippen molar-refractivity contribution >= 4 is 11.6 Å². The molecule has 3 rings (SSSR count). The van der Waals surface area contributed by atoms with Crippen molar-refractivity contribution in [3.63, 3.8) is 0 Å². The molecule has 0 bridgehead atoms. The lowest BCUT2D eigenvalue weighted by molar-refractivity contribution is -0.117. The monoisotopic (exact) mass is 273 g/mol. The zero-order valence-corrected chi connectivity index (χ0v) is 11.3. The number of carbonyl (C=O) groups is 1. The van der Waals surface area contributed by atoms with Gasteiger partial charge in [-0.1, -0.05) is 17.3 Å². The molecule has 1 aromatic carbocycles. The summed E-state index contributed by atoms with van der Waals surface area (Å²) in [6.07, 6.45) is 0.295. The van der Waals surface area contributed by atoms with Gasteiger partial charge in [0.1, 0.15) is 0 Å². The molecule has 1 N–H and O–H groups in total. The second kappa shape index (κ2) is 5.05. The Morgan fingerprint density at radius 2 is 2.05 bits per heavy atom. The highest BCUT2D eigenvalue weighted by Crippen LogP contribution is 2.23. The van der Waals surface area contributed by atoms with Crippen molar-refractivity contribution < 1.29 is 14.1 Å². The SMILES string of the molecule is Cc1noc(Cc2ccc(NC(=O)[C@@H]3O[C@H]3C)cc2)n1. The molecule has 0 aliphatic carbocycles. The molecule has 1 amide bonds. The van der Waals surface area contributed by atoms with Gasteiger partial charge in [0.15, 0.2) is 11.9 Å². The Morgan fingerprint density at radius 1 is 1.35 bits per heavy atom. The second-order valence-electron chi connectivity index (χ2n) is 4.86. The van der Waals surface area contributed by atoms with Crippen LogP contribution in [0.5, 0.6) is 0 Å². The summed E-state index contributed by atoms with van der Waals surface area (Å²) in [5.41, 5.74) is 1.80. The number of rotatable bonds is 4. The van der Waals surface area contributed by atoms with Crippen molar-refractivity contribution in [2.45, 2.75) is 32.5 Å². The first kappa shape index (κ1) is 12.8. The lowest BCUT2D eigenvalue weighted by atomic mass is 10.1. The molecule has 1 aliphatic rings. The summed E-state index contributed by atoms with van der Waals surface area (Å²) in [5, 5.41) is 6.56. The first-order valence-corrected chi connectivity index (χ1v) is 6.46. The molecule has 2 atom stereocenters. The summed E-state index contributed by atoms with van der Waals surface area (Å²) in [7, 11) is 0. The number of aromatic nitrogens is 2. The van der Waals surface area contributed by atoms with Crippen LogP contribution in [0, 0.1) is 6.92 Å². The predicted octanol–water partition coefficient (Wildman–Crippen LogP) is 1.69. The third-order valence-corrected chi connectivity index (χ3v) is 3.12. The van der Waals surface area contributed by atoms with Crippen LogP contribution in [-0.2, 0) is 16.0 Å². The van der Waals surface area contributed by atoms with Gasteiger partial charge in [-0.25, -0.2) is 0 Å². The van der Waals surface area contributed by atoms with Gasteiger partial charge in [-0.05, 0) is 31.5 Å². The number of ether oxygens (including phenoxy) is 1. The number of epoxide rings is 1. The van der Waals surface area contributed by atoms with E-state index in [1.54, 1.807) is 6.92 Å². The summed E-state index contributed by atoms with van der Waals surface area (Å²) in [6, 6.07) is 7.55. The van der Waals surface area contributed by atoms with E-state index in [1.807, 2.05) is 31.2 Å². The molecule has 0 spiro atoms. The van der Waals surface area contributed by atoms with Crippen LogP contribution in [0.4, 0.5) is 5.69 Å². The maximum Gasteiger partial charge on any atom is 0.256 e. The van der Waals surface area contributed by atoms with Gasteiger partial charge in [0.05, 0.1) is 12.5 Å². The molecule has 0 saturated carbocycles. The van der Waals surface area contributed by atoms with Gasteiger partial charge in [-0.3, -0.25) is 4.79 Å². The largest absolute Gasteiger partial charge is 0.359 e. The van der Waals surface area contributed by atoms with Gasteiger partial charge in [0.25, 0.3) is 5.91 Å². The van der Waals surface area contributed by atoms with Gasteiger partial charge in [0.2, 0.25) is 5.89 Å². The zero-order valence-electron chi connectivity index (χ0n) is 11.3. The molecule has 6 heteroatoms. The van der Waals surface area contributed by atoms with E-state index >= 15 is 0 Å². The average molecular weight is 273 g/mol. The zero-order chi connectivity index (χ0) is 14.1. The number of hydrogen-bond donors (Lipinski definition) is 1. The molecule has 2 aromatic rings. The Balaban J connectivity index is 1.61. The molecular formula is C14H15N3O3. The van der Waals surface area contributed by atoms with Crippen molar-refractivity contribution in [1.29, 1.82) is 0 Å². The maximum atomic E-state index is 11.7. The second-order valence-corrected chi connectivity index (χ2v) is 4.86. The summed E-state index contributed by atoms with van der Waals surface area (Å²) in [4.78, 5) is 15.8. The Hall–Kier alpha value is -2.21. The lowest BCUT2D eigenvalue weighted by Crippen LogP contribution is -2.19. The lowest BCUT2D eigenvalue weighted by Gasteiger charge is -2.04. The van der Waals surface area contributed by atoms with E-state index in [0.29, 0.717) is 18.1 Å². The first-order valence-electron chi connectivity index (χ1n) is 6.46. The predicted molar refractivity (Wildman–Crippen MR) is 71.2 cm³/mol. The molecule has 20 heavy (non-hydrogen) atoms. The third-order valence-electron chi connectivity index (χ3n) is 3.12. The molecule has 0 unspecified atom stereocenters. The number of anilines is 1. The third kappa shape index (κ3) is 2.85. The molecule has 6 nitrogen and oxygen atoms in total. The number of carbonyl (C=O) groups excluding carboxylic acids is 1. The van der Waals surface area contributed by atoms with E-state index < -0.39 is 0 Å². The highest BCUT2D eigenvalue weighted by atomic mass is 16.6. The Bertz CT molecular complexity index is 621. The topological polar surface area (TPSA) is 80.5 Å². The van der Waals surface area contributed by atoms with Crippen LogP contribution < -0.4 is 5.32 Å². The molecule has 1 aliphatic heterocycles. The average Bonchev–Trinajstić information content (AvgIpc) is 3.02. The van der Waals surface area contributed by atoms with Crippen LogP contribution in [0.3, 0.4) is 0 Å². The molecule has 104 valence electrons. The summed E-state index contributed by atoms with van der Waals surface area (Å²) in [6.45, 7) is 3.66. The summed E-state index contributed by atoms with van der Waals surface area (Å²) < 4.78 is 10.2. The number of nitrogens with zero attached hydrogens (tertiary/aromatic N) is 2. The number of aryl methyl sites for hydroxylation is 1. The molecule has 1 aromatic heterocycles. The van der Waals surface area contributed by atoms with Crippen LogP contribution in [0.25, 0.3) is 0 Å². The quantitative estimate of drug-likeness (QED) is 0.857. The van der Waals surface area contributed by atoms with Gasteiger partial charge >= 0.3 is 0 Å². The number of nitrogens with one attached hydrogen (secondary N) is 1. The van der Waals surface area contributed by atoms with E-state index in [-0.39, 0.29) is 18.1 Å². The van der Waals surface area contributed by atoms with E-state index in [9.17, 15) is 4.79 Å². The molecule has 0 radical (unpaired) electrons. The number of amides is 1. The number of benzene rings is 1. The minimum atomic E-state index is -0.309. The molecule has 1 fully saturated rings. The normalized spacial score (nSPS) is 20.7. The van der Waals surface area contributed by atoms with E-state index in [4.69, 9.17) is 9.26 Å². The van der Waals surface area contributed by atoms with Crippen LogP contribution >= 0.6 is 0 Å². The smallest absolute Gasteiger partial charge is 0.256 e. The van der Waals surface area contributed by atoms with Crippen molar-refractivity contribution in [1.82, 2.24) is 10.1 Å². The summed E-state index contributed by atoms with van der Waals surface area (Å²) in [5.74, 6) is 1.11. The van der Waals surface area contributed by atoms with Crippen molar-refractivity contribution in [2.24, 2.45) is 0 Å². The van der Waals surface area contributed by atoms with E-state index in [1.165, 1.54) is 0 Å². The summed E-state index contributed by atoms with van der Waals surface area (Å²) >= 11 is 0. The number of hydrogen-bond acceptors (Lipinski definition) is 5. The van der Waals surface area contributed by atoms with Crippen molar-refractivity contribution in [3.05, 3.63) is 41.5 Å². The minimum absolute atomic E-state index is 0.0232. The fourth-order valence-corrected chi connectivity index (χ4v) is 1.97. The highest BCUT2D eigenvalue weighted by molar-refractivity contribution is 5.96. The van der Waals surface area contributed by atoms with Crippen molar-refractivity contribution in [3.8, 4) is 0 Å². The fourth-order valence-electron chi connectivity index (χ4n) is 1.97. The van der Waals surface area contributed by atoms with Crippen LogP contribution in [0.2, 0.25) is 0 Å². The Labute approximate surface area is 116 Å². The minimum Gasteiger partial charge on any atom is -0.359 e. The van der Waals surface area contributed by atoms with Gasteiger partial charge in [-0.2, -0.15) is 4.98 Å². The van der Waals surface area contributed by atoms with Crippen molar-refractivity contribution in [2.75, 3.05) is 5.32 Å². The highest BCUT2D eigenvalue weighted by Gasteiger charge is 2.41. The van der Waals surface area contributed by atoms with Gasteiger partial charge in [-0.15, -0.1) is 0 Å². The van der Waals surface area contributed by atoms with Gasteiger partial charge < -0.3 is 14.6 Å². The van der Waals surface area contributed by atoms with Crippen LogP contribution in [-0.4, -0.2) is 28.3 Å². The first-order chi connectivity index (χ1) is 9.61. The molecular weight excluding hydrogens is 258 g/mol. The standard InChI is InChI=1S/C14H15N3O3/c1-8-13(19-8)14(18)16-11-5-3-10(4-6-11)7-12-15-9(2)17-20-12/h3-6,8,13H,7H2,1-2H3,(H,16,18)/t8-,13+/m0/s1. The van der Waals surface area contributed by atoms with Crippen LogP contribution in [0.1, 0.15) is 24.2 Å².